The van der Waals surface area contributed by atoms with Crippen molar-refractivity contribution >= 4 is 26.6 Å². The number of sulfonamides is 1. The number of pyridine rings is 1. The zero-order chi connectivity index (χ0) is 40.9. The lowest BCUT2D eigenvalue weighted by atomic mass is 9.55. The van der Waals surface area contributed by atoms with Crippen LogP contribution in [0.25, 0.3) is 10.9 Å². The number of hydrogen-bond donors (Lipinski definition) is 2. The maximum atomic E-state index is 15.0. The summed E-state index contributed by atoms with van der Waals surface area (Å²) >= 11 is 0. The molecule has 0 bridgehead atoms. The summed E-state index contributed by atoms with van der Waals surface area (Å²) in [7, 11) is -1.23. The number of aromatic nitrogens is 1. The molecule has 0 spiro atoms. The van der Waals surface area contributed by atoms with E-state index in [-0.39, 0.29) is 61.3 Å². The third-order valence-corrected chi connectivity index (χ3v) is 13.8. The van der Waals surface area contributed by atoms with E-state index in [0.717, 1.165) is 36.8 Å². The van der Waals surface area contributed by atoms with Gasteiger partial charge in [0.25, 0.3) is 0 Å². The Morgan fingerprint density at radius 3 is 2.57 bits per heavy atom. The Hall–Kier alpha value is -4.66. The molecule has 6 unspecified atom stereocenters. The summed E-state index contributed by atoms with van der Waals surface area (Å²) in [5, 5.41) is 24.9. The van der Waals surface area contributed by atoms with E-state index < -0.39 is 27.8 Å². The number of aliphatic hydroxyl groups excluding tert-OH is 2. The molecule has 2 heterocycles. The van der Waals surface area contributed by atoms with Crippen LogP contribution in [-0.4, -0.2) is 79.4 Å². The topological polar surface area (TPSA) is 140 Å². The molecule has 1 aliphatic heterocycles. The second kappa shape index (κ2) is 18.1. The summed E-state index contributed by atoms with van der Waals surface area (Å²) in [6.07, 6.45) is 9.85. The number of nitrogens with zero attached hydrogens (tertiary/aromatic N) is 3. The second-order valence-corrected chi connectivity index (χ2v) is 17.2. The van der Waals surface area contributed by atoms with Crippen LogP contribution in [-0.2, 0) is 26.2 Å². The van der Waals surface area contributed by atoms with E-state index in [1.165, 1.54) is 17.5 Å². The molecular weight excluding hydrogens is 762 g/mol. The van der Waals surface area contributed by atoms with E-state index in [9.17, 15) is 23.0 Å². The summed E-state index contributed by atoms with van der Waals surface area (Å²) in [4.78, 5) is 10.0. The van der Waals surface area contributed by atoms with Gasteiger partial charge in [0.05, 0.1) is 29.8 Å². The van der Waals surface area contributed by atoms with Gasteiger partial charge in [0.2, 0.25) is 15.8 Å². The van der Waals surface area contributed by atoms with Crippen molar-refractivity contribution in [2.24, 2.45) is 22.9 Å². The lowest BCUT2D eigenvalue weighted by molar-refractivity contribution is -0.250. The van der Waals surface area contributed by atoms with Crippen molar-refractivity contribution < 1.29 is 42.1 Å². The van der Waals surface area contributed by atoms with Gasteiger partial charge in [0.15, 0.2) is 0 Å². The summed E-state index contributed by atoms with van der Waals surface area (Å²) < 4.78 is 66.3. The number of allylic oxidation sites excluding steroid dienone is 1. The monoisotopic (exact) mass is 813 g/mol. The average molecular weight is 814 g/mol. The van der Waals surface area contributed by atoms with Crippen molar-refractivity contribution in [3.63, 3.8) is 0 Å². The Balaban J connectivity index is 1.42. The number of fused-ring (bicyclic) bond motifs is 3. The highest BCUT2D eigenvalue weighted by Gasteiger charge is 2.65. The van der Waals surface area contributed by atoms with E-state index in [1.807, 2.05) is 24.3 Å². The van der Waals surface area contributed by atoms with Gasteiger partial charge in [-0.3, -0.25) is 4.98 Å². The molecule has 58 heavy (non-hydrogen) atoms. The fraction of sp³-hybridized carbons (Fsp3) is 0.422. The predicted octanol–water partition coefficient (Wildman–Crippen LogP) is 7.54. The van der Waals surface area contributed by atoms with Crippen molar-refractivity contribution in [3.05, 3.63) is 120 Å². The minimum absolute atomic E-state index is 0.0139. The van der Waals surface area contributed by atoms with Crippen molar-refractivity contribution in [1.82, 2.24) is 9.29 Å². The molecule has 2 aliphatic carbocycles. The number of rotatable bonds is 18. The minimum atomic E-state index is -4.25. The van der Waals surface area contributed by atoms with Crippen molar-refractivity contribution in [2.75, 3.05) is 34.0 Å². The Morgan fingerprint density at radius 1 is 1.03 bits per heavy atom. The number of unbranched alkanes of at least 4 members (excludes halogenated alkanes) is 2. The van der Waals surface area contributed by atoms with Crippen LogP contribution in [0.3, 0.4) is 0 Å². The lowest BCUT2D eigenvalue weighted by Gasteiger charge is -2.59. The fourth-order valence-corrected chi connectivity index (χ4v) is 10.8. The largest absolute Gasteiger partial charge is 0.489 e. The molecule has 3 aromatic carbocycles. The first-order valence-corrected chi connectivity index (χ1v) is 21.4. The number of halogens is 1. The first-order chi connectivity index (χ1) is 28.2. The maximum Gasteiger partial charge on any atom is 0.245 e. The Kier molecular flexibility index (Phi) is 12.9. The van der Waals surface area contributed by atoms with Gasteiger partial charge in [-0.15, -0.1) is 6.58 Å². The Morgan fingerprint density at radius 2 is 1.81 bits per heavy atom. The van der Waals surface area contributed by atoms with Gasteiger partial charge < -0.3 is 29.3 Å². The van der Waals surface area contributed by atoms with E-state index >= 15 is 0 Å². The highest BCUT2D eigenvalue weighted by atomic mass is 32.2. The molecule has 3 aliphatic rings. The first kappa shape index (κ1) is 41.5. The predicted molar refractivity (Wildman–Crippen MR) is 219 cm³/mol. The van der Waals surface area contributed by atoms with Gasteiger partial charge in [-0.25, -0.2) is 12.8 Å². The Labute approximate surface area is 339 Å². The molecule has 1 fully saturated rings. The highest BCUT2D eigenvalue weighted by molar-refractivity contribution is 7.89. The molecule has 4 aromatic rings. The van der Waals surface area contributed by atoms with Gasteiger partial charge in [0.1, 0.15) is 35.9 Å². The number of likely N-dealkylation sites (N-methyl/N-ethyl adjacent to an activating group) is 1. The molecule has 6 atom stereocenters. The smallest absolute Gasteiger partial charge is 0.245 e. The van der Waals surface area contributed by atoms with E-state index in [0.29, 0.717) is 46.5 Å². The molecule has 1 aromatic heterocycles. The van der Waals surface area contributed by atoms with Crippen molar-refractivity contribution in [3.8, 4) is 11.5 Å². The van der Waals surface area contributed by atoms with E-state index in [2.05, 4.69) is 22.8 Å². The lowest BCUT2D eigenvalue weighted by Crippen LogP contribution is -2.69. The molecule has 11 nitrogen and oxygen atoms in total. The van der Waals surface area contributed by atoms with E-state index in [4.69, 9.17) is 19.0 Å². The fourth-order valence-electron chi connectivity index (χ4n) is 9.29. The van der Waals surface area contributed by atoms with E-state index in [1.54, 1.807) is 61.8 Å². The highest BCUT2D eigenvalue weighted by Crippen LogP contribution is 2.62. The summed E-state index contributed by atoms with van der Waals surface area (Å²) in [6, 6.07) is 19.8. The van der Waals surface area contributed by atoms with Crippen LogP contribution >= 0.6 is 0 Å². The quantitative estimate of drug-likeness (QED) is 0.0593. The molecule has 1 saturated carbocycles. The first-order valence-electron chi connectivity index (χ1n) is 20.0. The van der Waals surface area contributed by atoms with Crippen LogP contribution in [0.5, 0.6) is 11.5 Å². The summed E-state index contributed by atoms with van der Waals surface area (Å²) in [6.45, 7) is 4.16. The molecule has 308 valence electrons. The van der Waals surface area contributed by atoms with Gasteiger partial charge >= 0.3 is 0 Å². The standard InChI is InChI=1S/C45H52FN3O8S/c1-4-25-56-45-41(49(2)58(52,53)40-19-11-15-30-16-12-22-47-44(30)40)28-38(48-54-3)35-26-31(13-7-9-23-50)34(17-8-10-24-51)42(43(35)45)36-27-33(20-21-39(36)57-45)55-29-32-14-5-6-18-37(32)46/h4-6,11-12,14-16,18-22,26-27,31,34,41-43,50-51H,1,7-10,13,17,23-25,28-29H2,2-3H3. The molecule has 2 N–H and O–H groups in total. The zero-order valence-electron chi connectivity index (χ0n) is 33.0. The third-order valence-electron chi connectivity index (χ3n) is 11.9. The normalized spacial score (nSPS) is 24.5. The van der Waals surface area contributed by atoms with Gasteiger partial charge in [-0.1, -0.05) is 66.5 Å². The third kappa shape index (κ3) is 7.90. The summed E-state index contributed by atoms with van der Waals surface area (Å²) in [5.41, 5.74) is 3.05. The van der Waals surface area contributed by atoms with Gasteiger partial charge in [-0.2, -0.15) is 4.31 Å². The second-order valence-electron chi connectivity index (χ2n) is 15.2. The molecule has 7 rings (SSSR count). The number of para-hydroxylation sites is 1. The van der Waals surface area contributed by atoms with Crippen molar-refractivity contribution in [2.45, 2.75) is 74.2 Å². The molecular formula is C45H52FN3O8S. The van der Waals surface area contributed by atoms with Crippen LogP contribution in [0.2, 0.25) is 0 Å². The SMILES string of the molecule is C=CCOC12Oc3ccc(OCc4ccccc4F)cc3C3C(CCCCO)C(CCCCO)C=C(C(=NOC)CC1N(C)S(=O)(=O)c1cccc4cccnc14)C32. The number of ether oxygens (including phenoxy) is 3. The van der Waals surface area contributed by atoms with Crippen LogP contribution in [0.15, 0.2) is 113 Å². The number of oxime groups is 1. The Bertz CT molecular complexity index is 2260. The number of benzene rings is 3. The number of aliphatic hydroxyl groups is 2. The van der Waals surface area contributed by atoms with Gasteiger partial charge in [0, 0.05) is 55.3 Å². The molecule has 0 radical (unpaired) electrons. The molecule has 0 saturated heterocycles. The van der Waals surface area contributed by atoms with Crippen molar-refractivity contribution in [1.29, 1.82) is 0 Å². The maximum absolute atomic E-state index is 15.0. The molecule has 13 heteroatoms. The molecule has 0 amide bonds. The van der Waals surface area contributed by atoms with Crippen LogP contribution < -0.4 is 9.47 Å². The summed E-state index contributed by atoms with van der Waals surface area (Å²) in [5.74, 6) is -1.81. The van der Waals surface area contributed by atoms with Gasteiger partial charge in [-0.05, 0) is 79.5 Å². The number of hydrogen-bond acceptors (Lipinski definition) is 10. The van der Waals surface area contributed by atoms with Crippen LogP contribution in [0.1, 0.15) is 62.0 Å². The average Bonchev–Trinajstić information content (AvgIpc) is 3.23. The van der Waals surface area contributed by atoms with Crippen LogP contribution in [0, 0.1) is 23.6 Å². The van der Waals surface area contributed by atoms with Crippen LogP contribution in [0.4, 0.5) is 4.39 Å². The zero-order valence-corrected chi connectivity index (χ0v) is 33.8. The minimum Gasteiger partial charge on any atom is -0.489 e.